The van der Waals surface area contributed by atoms with Gasteiger partial charge in [-0.05, 0) is 23.1 Å². The van der Waals surface area contributed by atoms with Gasteiger partial charge in [-0.1, -0.05) is 38.4 Å². The van der Waals surface area contributed by atoms with Gasteiger partial charge < -0.3 is 20.2 Å². The maximum absolute atomic E-state index is 13.7. The monoisotopic (exact) mass is 333 g/mol. The minimum absolute atomic E-state index is 0.0783. The Morgan fingerprint density at radius 1 is 1.36 bits per heavy atom. The highest BCUT2D eigenvalue weighted by Gasteiger charge is 2.44. The summed E-state index contributed by atoms with van der Waals surface area (Å²) in [5, 5.41) is 29.2. The summed E-state index contributed by atoms with van der Waals surface area (Å²) in [7, 11) is 0. The van der Waals surface area contributed by atoms with Crippen molar-refractivity contribution in [2.45, 2.75) is 26.4 Å². The molecule has 0 saturated heterocycles. The molecule has 0 spiro atoms. The van der Waals surface area contributed by atoms with Crippen LogP contribution in [0.25, 0.3) is 0 Å². The normalized spacial score (nSPS) is 14.5. The second-order valence-electron chi connectivity index (χ2n) is 6.17. The van der Waals surface area contributed by atoms with Crippen molar-refractivity contribution in [2.75, 3.05) is 19.7 Å². The summed E-state index contributed by atoms with van der Waals surface area (Å²) in [5.74, 6) is -0.689. The molecule has 0 bridgehead atoms. The van der Waals surface area contributed by atoms with Gasteiger partial charge in [-0.15, -0.1) is 0 Å². The van der Waals surface area contributed by atoms with Crippen LogP contribution in [0.4, 0.5) is 9.18 Å². The Morgan fingerprint density at radius 3 is 2.36 bits per heavy atom. The zero-order chi connectivity index (χ0) is 17.1. The van der Waals surface area contributed by atoms with E-state index in [1.165, 1.54) is 12.1 Å². The first kappa shape index (κ1) is 18.7. The number of aliphatic hydroxyl groups is 2. The first-order chi connectivity index (χ1) is 10.0. The van der Waals surface area contributed by atoms with Crippen LogP contribution in [0.1, 0.15) is 26.3 Å². The average Bonchev–Trinajstić information content (AvgIpc) is 2.39. The molecule has 124 valence electrons. The molecule has 0 unspecified atom stereocenters. The summed E-state index contributed by atoms with van der Waals surface area (Å²) < 4.78 is 13.7. The average molecular weight is 334 g/mol. The van der Waals surface area contributed by atoms with Crippen molar-refractivity contribution < 1.29 is 24.5 Å². The molecule has 0 radical (unpaired) electrons. The van der Waals surface area contributed by atoms with Gasteiger partial charge in [0.15, 0.2) is 0 Å². The lowest BCUT2D eigenvalue weighted by atomic mass is 9.72. The van der Waals surface area contributed by atoms with Crippen LogP contribution >= 0.6 is 11.6 Å². The number of carbonyl (C=O) groups is 1. The lowest BCUT2D eigenvalue weighted by molar-refractivity contribution is -0.0840. The third-order valence-corrected chi connectivity index (χ3v) is 4.00. The number of carboxylic acid groups (broad SMARTS) is 1. The summed E-state index contributed by atoms with van der Waals surface area (Å²) in [5.41, 5.74) is -2.20. The molecule has 1 rings (SSSR count). The smallest absolute Gasteiger partial charge is 0.407 e. The molecule has 0 aliphatic carbocycles. The number of aliphatic hydroxyl groups excluding tert-OH is 1. The van der Waals surface area contributed by atoms with Crippen LogP contribution in [-0.2, 0) is 5.60 Å². The molecule has 22 heavy (non-hydrogen) atoms. The standard InChI is InChI=1S/C15H21ClFNO4/c1-14(2,3)15(22,9-18(6-7-19)13(20)21)10-4-5-11(16)12(17)8-10/h4-5,8,19,22H,6-7,9H2,1-3H3,(H,20,21)/t15-/m0/s1. The maximum Gasteiger partial charge on any atom is 0.407 e. The van der Waals surface area contributed by atoms with E-state index in [9.17, 15) is 19.4 Å². The fourth-order valence-electron chi connectivity index (χ4n) is 2.15. The van der Waals surface area contributed by atoms with Gasteiger partial charge in [0.25, 0.3) is 0 Å². The van der Waals surface area contributed by atoms with Gasteiger partial charge in [0, 0.05) is 6.54 Å². The fraction of sp³-hybridized carbons (Fsp3) is 0.533. The molecule has 0 aliphatic heterocycles. The molecule has 1 amide bonds. The molecule has 5 nitrogen and oxygen atoms in total. The number of rotatable bonds is 5. The van der Waals surface area contributed by atoms with Gasteiger partial charge in [-0.25, -0.2) is 9.18 Å². The SMILES string of the molecule is CC(C)(C)[C@](O)(CN(CCO)C(=O)O)c1ccc(Cl)c(F)c1. The van der Waals surface area contributed by atoms with Crippen molar-refractivity contribution in [2.24, 2.45) is 5.41 Å². The number of hydrogen-bond acceptors (Lipinski definition) is 3. The molecule has 3 N–H and O–H groups in total. The topological polar surface area (TPSA) is 81.0 Å². The second-order valence-corrected chi connectivity index (χ2v) is 6.57. The van der Waals surface area contributed by atoms with E-state index in [0.29, 0.717) is 0 Å². The summed E-state index contributed by atoms with van der Waals surface area (Å²) >= 11 is 5.66. The maximum atomic E-state index is 13.7. The first-order valence-corrected chi connectivity index (χ1v) is 7.17. The molecule has 0 saturated carbocycles. The molecule has 0 aromatic heterocycles. The van der Waals surface area contributed by atoms with Crippen LogP contribution in [-0.4, -0.2) is 46.0 Å². The number of amides is 1. The highest BCUT2D eigenvalue weighted by atomic mass is 35.5. The van der Waals surface area contributed by atoms with Crippen molar-refractivity contribution in [1.82, 2.24) is 4.90 Å². The van der Waals surface area contributed by atoms with E-state index in [4.69, 9.17) is 16.7 Å². The van der Waals surface area contributed by atoms with Crippen LogP contribution in [0.15, 0.2) is 18.2 Å². The molecular weight excluding hydrogens is 313 g/mol. The largest absolute Gasteiger partial charge is 0.465 e. The summed E-state index contributed by atoms with van der Waals surface area (Å²) in [4.78, 5) is 12.2. The fourth-order valence-corrected chi connectivity index (χ4v) is 2.27. The number of hydrogen-bond donors (Lipinski definition) is 3. The lowest BCUT2D eigenvalue weighted by Crippen LogP contribution is -2.51. The van der Waals surface area contributed by atoms with Crippen LogP contribution in [0.2, 0.25) is 5.02 Å². The van der Waals surface area contributed by atoms with Crippen LogP contribution < -0.4 is 0 Å². The lowest BCUT2D eigenvalue weighted by Gasteiger charge is -2.43. The van der Waals surface area contributed by atoms with Gasteiger partial charge in [0.2, 0.25) is 0 Å². The van der Waals surface area contributed by atoms with E-state index in [1.54, 1.807) is 20.8 Å². The Morgan fingerprint density at radius 2 is 1.95 bits per heavy atom. The van der Waals surface area contributed by atoms with Crippen molar-refractivity contribution in [3.63, 3.8) is 0 Å². The van der Waals surface area contributed by atoms with E-state index in [-0.39, 0.29) is 30.3 Å². The van der Waals surface area contributed by atoms with Gasteiger partial charge >= 0.3 is 6.09 Å². The predicted molar refractivity (Wildman–Crippen MR) is 81.4 cm³/mol. The second kappa shape index (κ2) is 6.81. The molecular formula is C15H21ClFNO4. The first-order valence-electron chi connectivity index (χ1n) is 6.79. The van der Waals surface area contributed by atoms with Crippen molar-refractivity contribution >= 4 is 17.7 Å². The van der Waals surface area contributed by atoms with Gasteiger partial charge in [-0.3, -0.25) is 0 Å². The molecule has 1 atom stereocenters. The summed E-state index contributed by atoms with van der Waals surface area (Å²) in [6.07, 6.45) is -1.27. The molecule has 1 aromatic carbocycles. The predicted octanol–water partition coefficient (Wildman–Crippen LogP) is 2.69. The Bertz CT molecular complexity index is 547. The highest BCUT2D eigenvalue weighted by molar-refractivity contribution is 6.30. The van der Waals surface area contributed by atoms with E-state index in [0.717, 1.165) is 11.0 Å². The van der Waals surface area contributed by atoms with Gasteiger partial charge in [0.05, 0.1) is 18.2 Å². The minimum Gasteiger partial charge on any atom is -0.465 e. The van der Waals surface area contributed by atoms with E-state index in [1.807, 2.05) is 0 Å². The molecule has 0 heterocycles. The van der Waals surface area contributed by atoms with Crippen LogP contribution in [0, 0.1) is 11.2 Å². The Hall–Kier alpha value is -1.37. The van der Waals surface area contributed by atoms with Crippen molar-refractivity contribution in [1.29, 1.82) is 0 Å². The number of halogens is 2. The highest BCUT2D eigenvalue weighted by Crippen LogP contribution is 2.40. The van der Waals surface area contributed by atoms with Gasteiger partial charge in [0.1, 0.15) is 11.4 Å². The minimum atomic E-state index is -1.65. The molecule has 1 aromatic rings. The van der Waals surface area contributed by atoms with Gasteiger partial charge in [-0.2, -0.15) is 0 Å². The van der Waals surface area contributed by atoms with E-state index >= 15 is 0 Å². The number of benzene rings is 1. The van der Waals surface area contributed by atoms with E-state index in [2.05, 4.69) is 0 Å². The Kier molecular flexibility index (Phi) is 5.78. The molecule has 7 heteroatoms. The van der Waals surface area contributed by atoms with Crippen molar-refractivity contribution in [3.05, 3.63) is 34.6 Å². The molecule has 0 aliphatic rings. The third kappa shape index (κ3) is 3.88. The van der Waals surface area contributed by atoms with Crippen LogP contribution in [0.3, 0.4) is 0 Å². The zero-order valence-electron chi connectivity index (χ0n) is 12.8. The zero-order valence-corrected chi connectivity index (χ0v) is 13.6. The summed E-state index contributed by atoms with van der Waals surface area (Å²) in [6, 6.07) is 3.89. The Labute approximate surface area is 133 Å². The van der Waals surface area contributed by atoms with Crippen LogP contribution in [0.5, 0.6) is 0 Å². The van der Waals surface area contributed by atoms with E-state index < -0.39 is 22.9 Å². The quantitative estimate of drug-likeness (QED) is 0.774. The Balaban J connectivity index is 3.31. The molecule has 0 fully saturated rings. The van der Waals surface area contributed by atoms with Crippen molar-refractivity contribution in [3.8, 4) is 0 Å². The third-order valence-electron chi connectivity index (χ3n) is 3.70. The number of nitrogens with zero attached hydrogens (tertiary/aromatic N) is 1. The summed E-state index contributed by atoms with van der Waals surface area (Å²) in [6.45, 7) is 4.34.